The van der Waals surface area contributed by atoms with Crippen molar-refractivity contribution in [3.63, 3.8) is 0 Å². The zero-order chi connectivity index (χ0) is 44.8. The normalized spacial score (nSPS) is 12.5. The number of pyridine rings is 1. The van der Waals surface area contributed by atoms with E-state index in [-0.39, 0.29) is 12.4 Å². The molecule has 0 saturated heterocycles. The molecule has 66 heavy (non-hydrogen) atoms. The Morgan fingerprint density at radius 2 is 1.05 bits per heavy atom. The van der Waals surface area contributed by atoms with E-state index in [1.807, 2.05) is 18.2 Å². The van der Waals surface area contributed by atoms with Crippen molar-refractivity contribution in [1.29, 1.82) is 0 Å². The first-order valence-corrected chi connectivity index (χ1v) is 23.5. The van der Waals surface area contributed by atoms with Crippen LogP contribution in [0.1, 0.15) is 26.3 Å². The first-order valence-electron chi connectivity index (χ1n) is 22.3. The van der Waals surface area contributed by atoms with Crippen LogP contribution in [0, 0.1) is 3.80 Å². The third-order valence-corrected chi connectivity index (χ3v) is 13.4. The van der Waals surface area contributed by atoms with Crippen LogP contribution in [0.5, 0.6) is 11.6 Å². The van der Waals surface area contributed by atoms with Crippen LogP contribution in [-0.4, -0.2) is 21.1 Å². The van der Waals surface area contributed by atoms with Crippen molar-refractivity contribution in [2.24, 2.45) is 0 Å². The van der Waals surface area contributed by atoms with E-state index in [9.17, 15) is 0 Å². The predicted molar refractivity (Wildman–Crippen MR) is 269 cm³/mol. The Bertz CT molecular complexity index is 3440. The van der Waals surface area contributed by atoms with Crippen LogP contribution in [0.15, 0.2) is 224 Å². The third-order valence-electron chi connectivity index (χ3n) is 12.4. The monoisotopic (exact) mass is 1030 g/mol. The number of benzene rings is 8. The molecule has 0 saturated carbocycles. The van der Waals surface area contributed by atoms with Gasteiger partial charge in [-0.1, -0.05) is 60.7 Å². The molecule has 0 radical (unpaired) electrons. The topological polar surface area (TPSA) is 38.5 Å². The zero-order valence-electron chi connectivity index (χ0n) is 36.9. The fourth-order valence-electron chi connectivity index (χ4n) is 9.28. The van der Waals surface area contributed by atoms with Crippen molar-refractivity contribution in [3.8, 4) is 45.3 Å². The van der Waals surface area contributed by atoms with Crippen molar-refractivity contribution >= 4 is 46.4 Å². The van der Waals surface area contributed by atoms with Gasteiger partial charge in [-0.3, -0.25) is 0 Å². The fraction of sp³-hybridized carbons (Fsp3) is 0.0690. The Morgan fingerprint density at radius 3 is 1.77 bits per heavy atom. The van der Waals surface area contributed by atoms with Gasteiger partial charge in [0, 0.05) is 5.69 Å². The van der Waals surface area contributed by atoms with Crippen molar-refractivity contribution in [2.45, 2.75) is 26.2 Å². The van der Waals surface area contributed by atoms with Crippen molar-refractivity contribution < 1.29 is 24.1 Å². The van der Waals surface area contributed by atoms with Gasteiger partial charge in [-0.05, 0) is 18.2 Å². The number of hydrogen-bond acceptors (Lipinski definition) is 4. The summed E-state index contributed by atoms with van der Waals surface area (Å²) in [5.41, 5.74) is 14.7. The molecule has 0 bridgehead atoms. The maximum absolute atomic E-state index is 6.74. The molecule has 0 N–H and O–H groups in total. The van der Waals surface area contributed by atoms with Crippen molar-refractivity contribution in [2.75, 3.05) is 9.62 Å². The molecule has 8 aromatic carbocycles. The van der Waals surface area contributed by atoms with E-state index in [2.05, 4.69) is 265 Å². The minimum atomic E-state index is -0.178. The number of imidazole rings is 1. The average molecular weight is 1030 g/mol. The Morgan fingerprint density at radius 1 is 0.485 bits per heavy atom. The molecule has 10 aromatic rings. The van der Waals surface area contributed by atoms with Crippen LogP contribution in [0.25, 0.3) is 44.7 Å². The molecule has 1 aliphatic heterocycles. The molecule has 6 nitrogen and oxygen atoms in total. The molecular formula is C58H46BN5OPt. The number of fused-ring (bicyclic) bond motifs is 2. The Hall–Kier alpha value is -7.47. The second-order valence-electron chi connectivity index (χ2n) is 17.6. The Kier molecular flexibility index (Phi) is 10.7. The molecule has 0 atom stereocenters. The summed E-state index contributed by atoms with van der Waals surface area (Å²) in [6.45, 7) is 6.65. The summed E-state index contributed by atoms with van der Waals surface area (Å²) >= 11 is 2.51. The van der Waals surface area contributed by atoms with E-state index in [0.717, 1.165) is 65.7 Å². The molecule has 0 unspecified atom stereocenters. The quantitative estimate of drug-likeness (QED) is 0.135. The first kappa shape index (κ1) is 41.3. The van der Waals surface area contributed by atoms with Gasteiger partial charge < -0.3 is 0 Å². The van der Waals surface area contributed by atoms with Crippen LogP contribution in [0.2, 0.25) is 0 Å². The van der Waals surface area contributed by atoms with Gasteiger partial charge in [0.25, 0.3) is 0 Å². The second kappa shape index (κ2) is 17.2. The molecule has 11 rings (SSSR count). The van der Waals surface area contributed by atoms with E-state index >= 15 is 0 Å². The van der Waals surface area contributed by atoms with Gasteiger partial charge in [0.05, 0.1) is 0 Å². The van der Waals surface area contributed by atoms with Gasteiger partial charge in [0.2, 0.25) is 0 Å². The average Bonchev–Trinajstić information content (AvgIpc) is 3.86. The number of para-hydroxylation sites is 6. The van der Waals surface area contributed by atoms with Gasteiger partial charge in [0.1, 0.15) is 0 Å². The number of hydrogen-bond donors (Lipinski definition) is 0. The molecule has 0 spiro atoms. The maximum atomic E-state index is 6.74. The minimum absolute atomic E-state index is 0.00258. The summed E-state index contributed by atoms with van der Waals surface area (Å²) in [5.74, 6) is 1.99. The molecular weight excluding hydrogens is 989 g/mol. The first-order chi connectivity index (χ1) is 32.3. The van der Waals surface area contributed by atoms with E-state index in [0.29, 0.717) is 11.6 Å². The summed E-state index contributed by atoms with van der Waals surface area (Å²) in [6, 6.07) is 79.2. The molecule has 0 fully saturated rings. The molecule has 0 aliphatic carbocycles. The fourth-order valence-corrected chi connectivity index (χ4v) is 10.4. The molecule has 0 amide bonds. The van der Waals surface area contributed by atoms with Crippen LogP contribution in [0.4, 0.5) is 22.9 Å². The number of anilines is 4. The van der Waals surface area contributed by atoms with E-state index in [4.69, 9.17) is 9.72 Å². The van der Waals surface area contributed by atoms with Gasteiger partial charge in [-0.25, -0.2) is 0 Å². The molecule has 322 valence electrons. The van der Waals surface area contributed by atoms with Crippen molar-refractivity contribution in [1.82, 2.24) is 14.1 Å². The molecule has 1 aliphatic rings. The second-order valence-corrected chi connectivity index (χ2v) is 18.6. The summed E-state index contributed by atoms with van der Waals surface area (Å²) < 4.78 is 12.5. The van der Waals surface area contributed by atoms with Crippen molar-refractivity contribution in [3.05, 3.63) is 234 Å². The van der Waals surface area contributed by atoms with E-state index in [1.54, 1.807) is 0 Å². The molecule has 8 heteroatoms. The number of nitrogens with zero attached hydrogens (tertiary/aromatic N) is 5. The van der Waals surface area contributed by atoms with E-state index in [1.165, 1.54) is 16.7 Å². The number of aromatic nitrogens is 3. The SMILES string of the molecule is CC(C)(C)c1cccc(-c2cccc(-c3ccccc3)c2-n2[c](=[Pt])n(-c3cccc(Oc4cccc(N5B(c6ccccc6)N(c6ccccc6)c6ccccc65)n4)c3)c3ccccc32)c1. The predicted octanol–water partition coefficient (Wildman–Crippen LogP) is 14.0. The summed E-state index contributed by atoms with van der Waals surface area (Å²) in [7, 11) is 0. The van der Waals surface area contributed by atoms with Crippen LogP contribution < -0.4 is 19.8 Å². The van der Waals surface area contributed by atoms with Gasteiger partial charge in [-0.15, -0.1) is 0 Å². The number of rotatable bonds is 9. The van der Waals surface area contributed by atoms with E-state index < -0.39 is 0 Å². The third kappa shape index (κ3) is 7.49. The van der Waals surface area contributed by atoms with Gasteiger partial charge in [0.15, 0.2) is 0 Å². The molecule has 3 heterocycles. The van der Waals surface area contributed by atoms with Crippen LogP contribution in [0.3, 0.4) is 0 Å². The van der Waals surface area contributed by atoms with Gasteiger partial charge >= 0.3 is 315 Å². The number of ether oxygens (including phenoxy) is 1. The Balaban J connectivity index is 1.01. The standard InChI is InChI=1S/C58H46BN5O.Pt/c1-58(2,3)44-24-17-23-43(39-44)50-32-19-31-49(42-21-7-4-8-22-42)57(50)62-41-61(51-33-13-14-34-52(51)62)47-29-18-30-48(40-47)65-56-38-20-37-55(60-56)64-54-36-16-15-35-53(54)63(46-27-11-6-12-28-46)59(64)45-25-9-5-10-26-45;/h4-40H,1-3H3;. The summed E-state index contributed by atoms with van der Waals surface area (Å²) in [5, 5.41) is 0. The van der Waals surface area contributed by atoms with Crippen LogP contribution in [-0.2, 0) is 24.8 Å². The molecule has 2 aromatic heterocycles. The van der Waals surface area contributed by atoms with Crippen LogP contribution >= 0.6 is 0 Å². The zero-order valence-corrected chi connectivity index (χ0v) is 39.2. The summed E-state index contributed by atoms with van der Waals surface area (Å²) in [6.07, 6.45) is 0. The summed E-state index contributed by atoms with van der Waals surface area (Å²) in [4.78, 5) is 9.94. The Labute approximate surface area is 397 Å². The van der Waals surface area contributed by atoms with Gasteiger partial charge in [-0.2, -0.15) is 0 Å².